The number of benzene rings is 1. The number of hydrogen-bond donors (Lipinski definition) is 0. The Hall–Kier alpha value is -1.77. The van der Waals surface area contributed by atoms with E-state index < -0.39 is 0 Å². The molecule has 0 radical (unpaired) electrons. The molecule has 0 aromatic heterocycles. The highest BCUT2D eigenvalue weighted by Crippen LogP contribution is 2.27. The van der Waals surface area contributed by atoms with Gasteiger partial charge in [0.15, 0.2) is 17.3 Å². The fraction of sp³-hybridized carbons (Fsp3) is 0.308. The topological polar surface area (TPSA) is 35.5 Å². The Kier molecular flexibility index (Phi) is 4.58. The van der Waals surface area contributed by atoms with Crippen LogP contribution in [0.1, 0.15) is 23.7 Å². The number of rotatable bonds is 5. The molecule has 0 N–H and O–H groups in total. The summed E-state index contributed by atoms with van der Waals surface area (Å²) in [5.74, 6) is 1.17. The molecule has 1 aromatic rings. The molecule has 0 saturated heterocycles. The van der Waals surface area contributed by atoms with Gasteiger partial charge in [0.2, 0.25) is 0 Å². The standard InChI is InChI=1S/C13H16O3/c1-4-5-6-11(14)10-7-8-12(15-2)13(9-10)16-3/h5-9H,4H2,1-3H3/b6-5+. The van der Waals surface area contributed by atoms with Crippen LogP contribution in [0, 0.1) is 0 Å². The van der Waals surface area contributed by atoms with E-state index in [0.717, 1.165) is 6.42 Å². The highest BCUT2D eigenvalue weighted by atomic mass is 16.5. The first-order chi connectivity index (χ1) is 7.72. The third kappa shape index (κ3) is 2.86. The van der Waals surface area contributed by atoms with Gasteiger partial charge in [-0.05, 0) is 30.7 Å². The van der Waals surface area contributed by atoms with Crippen molar-refractivity contribution in [2.75, 3.05) is 14.2 Å². The average molecular weight is 220 g/mol. The van der Waals surface area contributed by atoms with E-state index in [4.69, 9.17) is 9.47 Å². The monoisotopic (exact) mass is 220 g/mol. The fourth-order valence-corrected chi connectivity index (χ4v) is 1.31. The van der Waals surface area contributed by atoms with Crippen LogP contribution in [-0.2, 0) is 0 Å². The summed E-state index contributed by atoms with van der Waals surface area (Å²) in [4.78, 5) is 11.7. The third-order valence-corrected chi connectivity index (χ3v) is 2.17. The first-order valence-corrected chi connectivity index (χ1v) is 5.15. The maximum absolute atomic E-state index is 11.7. The molecule has 1 rings (SSSR count). The Morgan fingerprint density at radius 3 is 2.50 bits per heavy atom. The number of hydrogen-bond acceptors (Lipinski definition) is 3. The molecule has 0 aliphatic heterocycles. The molecule has 0 bridgehead atoms. The Labute approximate surface area is 95.7 Å². The summed E-state index contributed by atoms with van der Waals surface area (Å²) < 4.78 is 10.2. The van der Waals surface area contributed by atoms with E-state index in [1.807, 2.05) is 13.0 Å². The Balaban J connectivity index is 2.98. The van der Waals surface area contributed by atoms with Gasteiger partial charge in [-0.25, -0.2) is 0 Å². The summed E-state index contributed by atoms with van der Waals surface area (Å²) in [7, 11) is 3.12. The first-order valence-electron chi connectivity index (χ1n) is 5.15. The quantitative estimate of drug-likeness (QED) is 0.565. The number of carbonyl (C=O) groups excluding carboxylic acids is 1. The number of ether oxygens (including phenoxy) is 2. The molecule has 86 valence electrons. The van der Waals surface area contributed by atoms with Crippen molar-refractivity contribution in [2.45, 2.75) is 13.3 Å². The number of methoxy groups -OCH3 is 2. The van der Waals surface area contributed by atoms with E-state index in [0.29, 0.717) is 17.1 Å². The summed E-state index contributed by atoms with van der Waals surface area (Å²) in [5, 5.41) is 0. The molecule has 0 fully saturated rings. The van der Waals surface area contributed by atoms with Gasteiger partial charge >= 0.3 is 0 Å². The van der Waals surface area contributed by atoms with Crippen molar-refractivity contribution in [3.63, 3.8) is 0 Å². The summed E-state index contributed by atoms with van der Waals surface area (Å²) in [6.07, 6.45) is 4.25. The van der Waals surface area contributed by atoms with Crippen LogP contribution in [-0.4, -0.2) is 20.0 Å². The molecule has 1 aromatic carbocycles. The number of allylic oxidation sites excluding steroid dienone is 2. The van der Waals surface area contributed by atoms with Crippen molar-refractivity contribution in [2.24, 2.45) is 0 Å². The minimum atomic E-state index is -0.0252. The van der Waals surface area contributed by atoms with Gasteiger partial charge in [-0.2, -0.15) is 0 Å². The molecule has 0 spiro atoms. The Morgan fingerprint density at radius 2 is 1.94 bits per heavy atom. The van der Waals surface area contributed by atoms with Crippen LogP contribution in [0.5, 0.6) is 11.5 Å². The lowest BCUT2D eigenvalue weighted by molar-refractivity contribution is 0.104. The zero-order chi connectivity index (χ0) is 12.0. The van der Waals surface area contributed by atoms with Crippen LogP contribution < -0.4 is 9.47 Å². The van der Waals surface area contributed by atoms with Gasteiger partial charge in [0.1, 0.15) is 0 Å². The summed E-state index contributed by atoms with van der Waals surface area (Å²) in [6, 6.07) is 5.14. The SMILES string of the molecule is CC/C=C/C(=O)c1ccc(OC)c(OC)c1. The van der Waals surface area contributed by atoms with Crippen LogP contribution in [0.4, 0.5) is 0 Å². The predicted molar refractivity (Wildman–Crippen MR) is 63.3 cm³/mol. The molecular weight excluding hydrogens is 204 g/mol. The third-order valence-electron chi connectivity index (χ3n) is 2.17. The van der Waals surface area contributed by atoms with Crippen molar-refractivity contribution in [1.29, 1.82) is 0 Å². The zero-order valence-corrected chi connectivity index (χ0v) is 9.82. The van der Waals surface area contributed by atoms with E-state index in [9.17, 15) is 4.79 Å². The molecule has 0 aliphatic rings. The van der Waals surface area contributed by atoms with Gasteiger partial charge in [-0.3, -0.25) is 4.79 Å². The molecule has 0 saturated carbocycles. The maximum Gasteiger partial charge on any atom is 0.185 e. The minimum Gasteiger partial charge on any atom is -0.493 e. The van der Waals surface area contributed by atoms with Crippen molar-refractivity contribution >= 4 is 5.78 Å². The average Bonchev–Trinajstić information content (AvgIpc) is 2.34. The van der Waals surface area contributed by atoms with E-state index in [-0.39, 0.29) is 5.78 Å². The number of carbonyl (C=O) groups is 1. The van der Waals surface area contributed by atoms with Crippen LogP contribution in [0.25, 0.3) is 0 Å². The van der Waals surface area contributed by atoms with Crippen molar-refractivity contribution in [1.82, 2.24) is 0 Å². The highest BCUT2D eigenvalue weighted by Gasteiger charge is 2.07. The van der Waals surface area contributed by atoms with Crippen LogP contribution in [0.2, 0.25) is 0 Å². The van der Waals surface area contributed by atoms with Gasteiger partial charge in [-0.15, -0.1) is 0 Å². The second-order valence-corrected chi connectivity index (χ2v) is 3.24. The molecule has 3 heteroatoms. The van der Waals surface area contributed by atoms with Crippen LogP contribution in [0.15, 0.2) is 30.4 Å². The molecule has 0 amide bonds. The van der Waals surface area contributed by atoms with Gasteiger partial charge in [0.25, 0.3) is 0 Å². The Morgan fingerprint density at radius 1 is 1.25 bits per heavy atom. The predicted octanol–water partition coefficient (Wildman–Crippen LogP) is 2.85. The summed E-state index contributed by atoms with van der Waals surface area (Å²) >= 11 is 0. The largest absolute Gasteiger partial charge is 0.493 e. The molecule has 16 heavy (non-hydrogen) atoms. The van der Waals surface area contributed by atoms with Gasteiger partial charge in [0.05, 0.1) is 14.2 Å². The lowest BCUT2D eigenvalue weighted by atomic mass is 10.1. The first kappa shape index (κ1) is 12.3. The number of ketones is 1. The van der Waals surface area contributed by atoms with Crippen molar-refractivity contribution in [3.05, 3.63) is 35.9 Å². The van der Waals surface area contributed by atoms with E-state index >= 15 is 0 Å². The van der Waals surface area contributed by atoms with E-state index in [1.165, 1.54) is 0 Å². The van der Waals surface area contributed by atoms with Crippen LogP contribution in [0.3, 0.4) is 0 Å². The lowest BCUT2D eigenvalue weighted by Gasteiger charge is -2.07. The molecule has 0 unspecified atom stereocenters. The smallest absolute Gasteiger partial charge is 0.185 e. The van der Waals surface area contributed by atoms with Crippen LogP contribution >= 0.6 is 0 Å². The lowest BCUT2D eigenvalue weighted by Crippen LogP contribution is -1.97. The summed E-state index contributed by atoms with van der Waals surface area (Å²) in [5.41, 5.74) is 0.599. The summed E-state index contributed by atoms with van der Waals surface area (Å²) in [6.45, 7) is 1.98. The van der Waals surface area contributed by atoms with E-state index in [1.54, 1.807) is 38.5 Å². The highest BCUT2D eigenvalue weighted by molar-refractivity contribution is 6.04. The zero-order valence-electron chi connectivity index (χ0n) is 9.82. The van der Waals surface area contributed by atoms with Gasteiger partial charge in [0, 0.05) is 5.56 Å². The molecule has 0 heterocycles. The molecular formula is C13H16O3. The normalized spacial score (nSPS) is 10.4. The van der Waals surface area contributed by atoms with E-state index in [2.05, 4.69) is 0 Å². The molecule has 0 aliphatic carbocycles. The molecule has 3 nitrogen and oxygen atoms in total. The van der Waals surface area contributed by atoms with Gasteiger partial charge < -0.3 is 9.47 Å². The van der Waals surface area contributed by atoms with Crippen molar-refractivity contribution in [3.8, 4) is 11.5 Å². The second kappa shape index (κ2) is 5.95. The minimum absolute atomic E-state index is 0.0252. The fourth-order valence-electron chi connectivity index (χ4n) is 1.31. The van der Waals surface area contributed by atoms with Crippen molar-refractivity contribution < 1.29 is 14.3 Å². The van der Waals surface area contributed by atoms with Gasteiger partial charge in [-0.1, -0.05) is 13.0 Å². The second-order valence-electron chi connectivity index (χ2n) is 3.24. The Bertz CT molecular complexity index is 394. The maximum atomic E-state index is 11.7. The molecule has 0 atom stereocenters.